The summed E-state index contributed by atoms with van der Waals surface area (Å²) in [5.74, 6) is 0.263. The molecule has 6 nitrogen and oxygen atoms in total. The first kappa shape index (κ1) is 18.3. The smallest absolute Gasteiger partial charge is 0.344 e. The molecule has 0 fully saturated rings. The molecular weight excluding hydrogens is 362 g/mol. The zero-order chi connectivity index (χ0) is 19.2. The average Bonchev–Trinajstić information content (AvgIpc) is 2.68. The zero-order valence-corrected chi connectivity index (χ0v) is 15.3. The van der Waals surface area contributed by atoms with E-state index in [0.717, 1.165) is 16.3 Å². The number of methoxy groups -OCH3 is 1. The summed E-state index contributed by atoms with van der Waals surface area (Å²) in [7, 11) is 1.50. The summed E-state index contributed by atoms with van der Waals surface area (Å²) in [5.41, 5.74) is 8.99. The number of carbonyl (C=O) groups excluding carboxylic acids is 1. The van der Waals surface area contributed by atoms with Gasteiger partial charge in [0.15, 0.2) is 16.6 Å². The fourth-order valence-electron chi connectivity index (χ4n) is 2.58. The van der Waals surface area contributed by atoms with E-state index in [2.05, 4.69) is 22.7 Å². The summed E-state index contributed by atoms with van der Waals surface area (Å²) in [4.78, 5) is 12.7. The summed E-state index contributed by atoms with van der Waals surface area (Å²) >= 11 is 4.68. The van der Waals surface area contributed by atoms with Crippen molar-refractivity contribution in [2.45, 2.75) is 0 Å². The molecule has 0 aliphatic heterocycles. The number of fused-ring (bicyclic) bond motifs is 1. The molecule has 0 unspecified atom stereocenters. The maximum atomic E-state index is 12.7. The van der Waals surface area contributed by atoms with Crippen molar-refractivity contribution >= 4 is 40.3 Å². The molecular formula is C20H17N3O3S. The molecule has 3 aromatic rings. The number of carbonyl (C=O) groups is 1. The fraction of sp³-hybridized carbons (Fsp3) is 0.0500. The van der Waals surface area contributed by atoms with E-state index in [-0.39, 0.29) is 5.11 Å². The highest BCUT2D eigenvalue weighted by atomic mass is 32.1. The third-order valence-corrected chi connectivity index (χ3v) is 3.88. The Morgan fingerprint density at radius 2 is 1.89 bits per heavy atom. The summed E-state index contributed by atoms with van der Waals surface area (Å²) in [6.07, 6.45) is 1.53. The van der Waals surface area contributed by atoms with Crippen molar-refractivity contribution < 1.29 is 14.3 Å². The van der Waals surface area contributed by atoms with Gasteiger partial charge in [-0.25, -0.2) is 4.79 Å². The Morgan fingerprint density at radius 1 is 1.11 bits per heavy atom. The van der Waals surface area contributed by atoms with Gasteiger partial charge < -0.3 is 15.2 Å². The van der Waals surface area contributed by atoms with Crippen LogP contribution in [0, 0.1) is 0 Å². The van der Waals surface area contributed by atoms with Gasteiger partial charge in [0.2, 0.25) is 0 Å². The lowest BCUT2D eigenvalue weighted by Crippen LogP contribution is -2.23. The van der Waals surface area contributed by atoms with Crippen LogP contribution in [0.15, 0.2) is 65.8 Å². The van der Waals surface area contributed by atoms with E-state index >= 15 is 0 Å². The highest BCUT2D eigenvalue weighted by Crippen LogP contribution is 2.29. The third-order valence-electron chi connectivity index (χ3n) is 3.79. The van der Waals surface area contributed by atoms with E-state index in [1.165, 1.54) is 13.3 Å². The van der Waals surface area contributed by atoms with Gasteiger partial charge in [-0.05, 0) is 52.8 Å². The number of rotatable bonds is 5. The van der Waals surface area contributed by atoms with Gasteiger partial charge in [0.05, 0.1) is 18.9 Å². The van der Waals surface area contributed by atoms with Gasteiger partial charge in [0, 0.05) is 0 Å². The molecule has 0 amide bonds. The maximum Gasteiger partial charge on any atom is 0.344 e. The number of ether oxygens (including phenoxy) is 2. The van der Waals surface area contributed by atoms with E-state index in [1.807, 2.05) is 36.4 Å². The Morgan fingerprint density at radius 3 is 2.67 bits per heavy atom. The van der Waals surface area contributed by atoms with Crippen LogP contribution in [-0.2, 0) is 0 Å². The van der Waals surface area contributed by atoms with Crippen LogP contribution in [0.4, 0.5) is 0 Å². The number of nitrogens with two attached hydrogens (primary N) is 1. The van der Waals surface area contributed by atoms with Gasteiger partial charge in [0.25, 0.3) is 0 Å². The lowest BCUT2D eigenvalue weighted by molar-refractivity contribution is 0.0732. The standard InChI is InChI=1S/C20H17N3O3S/c1-25-18-11-13(12-22-23-20(21)27)9-10-17(18)26-19(24)16-8-4-6-14-5-2-3-7-15(14)16/h2-12H,1H3,(H3,21,23,27)/b22-12-. The van der Waals surface area contributed by atoms with Crippen LogP contribution in [0.3, 0.4) is 0 Å². The van der Waals surface area contributed by atoms with Crippen LogP contribution >= 0.6 is 12.2 Å². The summed E-state index contributed by atoms with van der Waals surface area (Å²) in [6.45, 7) is 0. The second-order valence-corrected chi connectivity index (χ2v) is 6.00. The van der Waals surface area contributed by atoms with Crippen LogP contribution in [0.1, 0.15) is 15.9 Å². The largest absolute Gasteiger partial charge is 0.493 e. The van der Waals surface area contributed by atoms with Crippen LogP contribution in [0.25, 0.3) is 10.8 Å². The average molecular weight is 379 g/mol. The molecule has 0 saturated heterocycles. The number of thiocarbonyl (C=S) groups is 1. The fourth-order valence-corrected chi connectivity index (χ4v) is 2.63. The van der Waals surface area contributed by atoms with Gasteiger partial charge in [-0.15, -0.1) is 0 Å². The number of nitrogens with zero attached hydrogens (tertiary/aromatic N) is 1. The number of hydrogen-bond acceptors (Lipinski definition) is 5. The summed E-state index contributed by atoms with van der Waals surface area (Å²) in [5, 5.41) is 5.75. The molecule has 0 aliphatic rings. The Hall–Kier alpha value is -3.45. The van der Waals surface area contributed by atoms with Crippen molar-refractivity contribution in [1.29, 1.82) is 0 Å². The molecule has 136 valence electrons. The maximum absolute atomic E-state index is 12.7. The van der Waals surface area contributed by atoms with Crippen molar-refractivity contribution in [3.8, 4) is 11.5 Å². The molecule has 3 rings (SSSR count). The van der Waals surface area contributed by atoms with Gasteiger partial charge in [-0.2, -0.15) is 5.10 Å². The quantitative estimate of drug-likeness (QED) is 0.233. The van der Waals surface area contributed by atoms with Crippen LogP contribution in [0.2, 0.25) is 0 Å². The number of nitrogens with one attached hydrogen (secondary N) is 1. The summed E-state index contributed by atoms with van der Waals surface area (Å²) < 4.78 is 10.9. The van der Waals surface area contributed by atoms with E-state index in [9.17, 15) is 4.79 Å². The summed E-state index contributed by atoms with van der Waals surface area (Å²) in [6, 6.07) is 18.2. The molecule has 0 bridgehead atoms. The SMILES string of the molecule is COc1cc(/C=N\NC(N)=S)ccc1OC(=O)c1cccc2ccccc12. The Bertz CT molecular complexity index is 1030. The second kappa shape index (κ2) is 8.29. The molecule has 0 aliphatic carbocycles. The van der Waals surface area contributed by atoms with E-state index < -0.39 is 5.97 Å². The van der Waals surface area contributed by atoms with Crippen LogP contribution in [-0.4, -0.2) is 24.4 Å². The van der Waals surface area contributed by atoms with E-state index in [1.54, 1.807) is 24.3 Å². The van der Waals surface area contributed by atoms with E-state index in [0.29, 0.717) is 17.1 Å². The predicted octanol–water partition coefficient (Wildman–Crippen LogP) is 3.23. The minimum absolute atomic E-state index is 0.0684. The highest BCUT2D eigenvalue weighted by Gasteiger charge is 2.15. The third kappa shape index (κ3) is 4.39. The molecule has 3 N–H and O–H groups in total. The van der Waals surface area contributed by atoms with Gasteiger partial charge in [-0.1, -0.05) is 36.4 Å². The van der Waals surface area contributed by atoms with Gasteiger partial charge >= 0.3 is 5.97 Å². The monoisotopic (exact) mass is 379 g/mol. The zero-order valence-electron chi connectivity index (χ0n) is 14.5. The molecule has 3 aromatic carbocycles. The molecule has 0 radical (unpaired) electrons. The van der Waals surface area contributed by atoms with Crippen LogP contribution in [0.5, 0.6) is 11.5 Å². The minimum Gasteiger partial charge on any atom is -0.493 e. The van der Waals surface area contributed by atoms with Gasteiger partial charge in [-0.3, -0.25) is 5.43 Å². The molecule has 0 spiro atoms. The molecule has 27 heavy (non-hydrogen) atoms. The Kier molecular flexibility index (Phi) is 5.63. The normalized spacial score (nSPS) is 10.7. The Labute approximate surface area is 161 Å². The van der Waals surface area contributed by atoms with Crippen molar-refractivity contribution in [1.82, 2.24) is 5.43 Å². The first-order chi connectivity index (χ1) is 13.1. The highest BCUT2D eigenvalue weighted by molar-refractivity contribution is 7.80. The van der Waals surface area contributed by atoms with Crippen LogP contribution < -0.4 is 20.6 Å². The molecule has 0 heterocycles. The number of hydrogen-bond donors (Lipinski definition) is 2. The first-order valence-electron chi connectivity index (χ1n) is 8.05. The molecule has 0 atom stereocenters. The van der Waals surface area contributed by atoms with Gasteiger partial charge in [0.1, 0.15) is 0 Å². The Balaban J connectivity index is 1.85. The lowest BCUT2D eigenvalue weighted by Gasteiger charge is -2.11. The van der Waals surface area contributed by atoms with Crippen molar-refractivity contribution in [2.75, 3.05) is 7.11 Å². The minimum atomic E-state index is -0.457. The lowest BCUT2D eigenvalue weighted by atomic mass is 10.0. The first-order valence-corrected chi connectivity index (χ1v) is 8.46. The molecule has 0 aromatic heterocycles. The molecule has 7 heteroatoms. The van der Waals surface area contributed by atoms with Crippen molar-refractivity contribution in [2.24, 2.45) is 10.8 Å². The predicted molar refractivity (Wildman–Crippen MR) is 109 cm³/mol. The number of hydrazone groups is 1. The second-order valence-electron chi connectivity index (χ2n) is 5.56. The van der Waals surface area contributed by atoms with E-state index in [4.69, 9.17) is 15.2 Å². The number of benzene rings is 3. The number of esters is 1. The van der Waals surface area contributed by atoms with Crippen molar-refractivity contribution in [3.63, 3.8) is 0 Å². The van der Waals surface area contributed by atoms with Crippen molar-refractivity contribution in [3.05, 3.63) is 71.8 Å². The molecule has 0 saturated carbocycles. The topological polar surface area (TPSA) is 85.9 Å².